The van der Waals surface area contributed by atoms with E-state index in [2.05, 4.69) is 15.9 Å². The number of Topliss-reactive ketones (excluding diaryl/α,β-unsaturated/α-hetero) is 1. The normalized spacial score (nSPS) is 15.6. The van der Waals surface area contributed by atoms with Crippen molar-refractivity contribution in [1.29, 1.82) is 0 Å². The third kappa shape index (κ3) is 4.60. The molecule has 0 saturated carbocycles. The van der Waals surface area contributed by atoms with Gasteiger partial charge in [0, 0.05) is 15.5 Å². The number of ether oxygens (including phenoxy) is 2. The molecule has 1 atom stereocenters. The van der Waals surface area contributed by atoms with Gasteiger partial charge in [0.25, 0.3) is 5.91 Å². The van der Waals surface area contributed by atoms with Crippen LogP contribution in [0.3, 0.4) is 0 Å². The third-order valence-electron chi connectivity index (χ3n) is 6.05. The van der Waals surface area contributed by atoms with Gasteiger partial charge in [-0.1, -0.05) is 28.1 Å². The zero-order valence-electron chi connectivity index (χ0n) is 20.4. The Balaban J connectivity index is 1.62. The van der Waals surface area contributed by atoms with E-state index >= 15 is 0 Å². The number of rotatable bonds is 7. The topological polar surface area (TPSA) is 89.2 Å². The number of anilines is 1. The predicted molar refractivity (Wildman–Crippen MR) is 143 cm³/mol. The standard InChI is InChI=1S/C29H24BrNO6/c1-16(2)36-21-10-8-20(9-11-21)31-26(17-5-4-6-22(14-17)35-3)25(28(33)29(31)34)27(32)24-15-18-13-19(30)7-12-23(18)37-24/h4-16,26,33H,1-3H3. The van der Waals surface area contributed by atoms with E-state index in [0.717, 1.165) is 9.86 Å². The van der Waals surface area contributed by atoms with Gasteiger partial charge < -0.3 is 19.0 Å². The molecular weight excluding hydrogens is 538 g/mol. The summed E-state index contributed by atoms with van der Waals surface area (Å²) in [7, 11) is 1.54. The summed E-state index contributed by atoms with van der Waals surface area (Å²) in [4.78, 5) is 28.6. The quantitative estimate of drug-likeness (QED) is 0.250. The number of ketones is 1. The molecule has 0 bridgehead atoms. The summed E-state index contributed by atoms with van der Waals surface area (Å²) in [5.74, 6) is -0.664. The van der Waals surface area contributed by atoms with Crippen LogP contribution in [0.4, 0.5) is 5.69 Å². The molecule has 0 radical (unpaired) electrons. The molecule has 1 aromatic heterocycles. The number of hydrogen-bond acceptors (Lipinski definition) is 6. The third-order valence-corrected chi connectivity index (χ3v) is 6.54. The lowest BCUT2D eigenvalue weighted by Crippen LogP contribution is -2.31. The summed E-state index contributed by atoms with van der Waals surface area (Å²) in [5.41, 5.74) is 1.55. The molecule has 5 rings (SSSR count). The maximum atomic E-state index is 13.8. The largest absolute Gasteiger partial charge is 0.503 e. The number of carbonyl (C=O) groups is 2. The highest BCUT2D eigenvalue weighted by Gasteiger charge is 2.45. The number of nitrogens with zero attached hydrogens (tertiary/aromatic N) is 1. The lowest BCUT2D eigenvalue weighted by Gasteiger charge is -2.27. The molecule has 7 nitrogen and oxygen atoms in total. The molecule has 2 heterocycles. The van der Waals surface area contributed by atoms with Gasteiger partial charge in [-0.3, -0.25) is 14.5 Å². The Bertz CT molecular complexity index is 1540. The van der Waals surface area contributed by atoms with Crippen LogP contribution in [0.15, 0.2) is 93.0 Å². The van der Waals surface area contributed by atoms with Gasteiger partial charge in [0.1, 0.15) is 17.1 Å². The maximum absolute atomic E-state index is 13.8. The molecule has 0 aliphatic carbocycles. The van der Waals surface area contributed by atoms with Gasteiger partial charge in [-0.05, 0) is 80.1 Å². The minimum Gasteiger partial charge on any atom is -0.503 e. The molecule has 188 valence electrons. The van der Waals surface area contributed by atoms with Crippen LogP contribution in [-0.4, -0.2) is 30.0 Å². The predicted octanol–water partition coefficient (Wildman–Crippen LogP) is 6.77. The van der Waals surface area contributed by atoms with Crippen molar-refractivity contribution in [3.8, 4) is 11.5 Å². The van der Waals surface area contributed by atoms with E-state index in [4.69, 9.17) is 13.9 Å². The lowest BCUT2D eigenvalue weighted by atomic mass is 9.94. The Hall–Kier alpha value is -4.04. The zero-order valence-corrected chi connectivity index (χ0v) is 22.0. The van der Waals surface area contributed by atoms with Crippen molar-refractivity contribution in [3.63, 3.8) is 0 Å². The van der Waals surface area contributed by atoms with Gasteiger partial charge in [-0.25, -0.2) is 0 Å². The second kappa shape index (κ2) is 9.78. The van der Waals surface area contributed by atoms with E-state index in [9.17, 15) is 14.7 Å². The van der Waals surface area contributed by atoms with Crippen molar-refractivity contribution in [2.75, 3.05) is 12.0 Å². The summed E-state index contributed by atoms with van der Waals surface area (Å²) in [6.45, 7) is 3.85. The van der Waals surface area contributed by atoms with E-state index in [1.807, 2.05) is 26.0 Å². The van der Waals surface area contributed by atoms with Crippen LogP contribution in [0.25, 0.3) is 11.0 Å². The maximum Gasteiger partial charge on any atom is 0.294 e. The molecule has 1 aliphatic heterocycles. The van der Waals surface area contributed by atoms with Crippen LogP contribution >= 0.6 is 15.9 Å². The average Bonchev–Trinajstić information content (AvgIpc) is 3.42. The molecule has 1 N–H and O–H groups in total. The molecule has 3 aromatic carbocycles. The summed E-state index contributed by atoms with van der Waals surface area (Å²) >= 11 is 3.42. The second-order valence-corrected chi connectivity index (χ2v) is 9.81. The van der Waals surface area contributed by atoms with Crippen molar-refractivity contribution >= 4 is 44.3 Å². The Morgan fingerprint density at radius 3 is 2.49 bits per heavy atom. The first-order valence-corrected chi connectivity index (χ1v) is 12.5. The molecule has 0 spiro atoms. The fourth-order valence-electron chi connectivity index (χ4n) is 4.45. The molecule has 0 saturated heterocycles. The van der Waals surface area contributed by atoms with Crippen LogP contribution in [0, 0.1) is 0 Å². The van der Waals surface area contributed by atoms with Crippen LogP contribution in [0.5, 0.6) is 11.5 Å². The molecule has 1 aliphatic rings. The number of hydrogen-bond donors (Lipinski definition) is 1. The Morgan fingerprint density at radius 2 is 1.78 bits per heavy atom. The number of benzene rings is 3. The number of furan rings is 1. The highest BCUT2D eigenvalue weighted by Crippen LogP contribution is 2.43. The van der Waals surface area contributed by atoms with Gasteiger partial charge in [-0.2, -0.15) is 0 Å². The van der Waals surface area contributed by atoms with Crippen LogP contribution in [-0.2, 0) is 4.79 Å². The first-order chi connectivity index (χ1) is 17.8. The van der Waals surface area contributed by atoms with Gasteiger partial charge >= 0.3 is 0 Å². The van der Waals surface area contributed by atoms with Crippen molar-refractivity contribution in [2.24, 2.45) is 0 Å². The van der Waals surface area contributed by atoms with Crippen molar-refractivity contribution in [2.45, 2.75) is 26.0 Å². The van der Waals surface area contributed by atoms with Crippen LogP contribution in [0.1, 0.15) is 36.0 Å². The zero-order chi connectivity index (χ0) is 26.3. The smallest absolute Gasteiger partial charge is 0.294 e. The molecular formula is C29H24BrNO6. The number of halogens is 1. The van der Waals surface area contributed by atoms with Gasteiger partial charge in [0.05, 0.1) is 24.8 Å². The van der Waals surface area contributed by atoms with Crippen molar-refractivity contribution in [3.05, 3.63) is 99.9 Å². The van der Waals surface area contributed by atoms with Crippen molar-refractivity contribution in [1.82, 2.24) is 0 Å². The minimum absolute atomic E-state index is 0.0110. The van der Waals surface area contributed by atoms with Gasteiger partial charge in [-0.15, -0.1) is 0 Å². The van der Waals surface area contributed by atoms with E-state index in [1.54, 1.807) is 60.7 Å². The number of aliphatic hydroxyl groups excluding tert-OH is 1. The minimum atomic E-state index is -0.910. The number of methoxy groups -OCH3 is 1. The summed E-state index contributed by atoms with van der Waals surface area (Å²) in [6, 6.07) is 20.1. The molecule has 8 heteroatoms. The van der Waals surface area contributed by atoms with Crippen molar-refractivity contribution < 1.29 is 28.6 Å². The second-order valence-electron chi connectivity index (χ2n) is 8.90. The fourth-order valence-corrected chi connectivity index (χ4v) is 4.83. The molecule has 1 unspecified atom stereocenters. The van der Waals surface area contributed by atoms with E-state index in [0.29, 0.717) is 28.3 Å². The van der Waals surface area contributed by atoms with E-state index in [-0.39, 0.29) is 17.4 Å². The lowest BCUT2D eigenvalue weighted by molar-refractivity contribution is -0.117. The highest BCUT2D eigenvalue weighted by molar-refractivity contribution is 9.10. The average molecular weight is 562 g/mol. The first-order valence-electron chi connectivity index (χ1n) is 11.7. The molecule has 37 heavy (non-hydrogen) atoms. The van der Waals surface area contributed by atoms with Crippen LogP contribution in [0.2, 0.25) is 0 Å². The molecule has 0 fully saturated rings. The number of carbonyl (C=O) groups excluding carboxylic acids is 2. The summed E-state index contributed by atoms with van der Waals surface area (Å²) < 4.78 is 17.8. The first kappa shape index (κ1) is 24.6. The van der Waals surface area contributed by atoms with Gasteiger partial charge in [0.15, 0.2) is 11.5 Å². The summed E-state index contributed by atoms with van der Waals surface area (Å²) in [6.07, 6.45) is -0.0110. The number of aliphatic hydroxyl groups is 1. The molecule has 1 amide bonds. The van der Waals surface area contributed by atoms with E-state index in [1.165, 1.54) is 12.0 Å². The highest BCUT2D eigenvalue weighted by atomic mass is 79.9. The Labute approximate surface area is 222 Å². The number of amides is 1. The summed E-state index contributed by atoms with van der Waals surface area (Å²) in [5, 5.41) is 11.8. The SMILES string of the molecule is COc1cccc(C2C(C(=O)c3cc4cc(Br)ccc4o3)=C(O)C(=O)N2c2ccc(OC(C)C)cc2)c1. The van der Waals surface area contributed by atoms with Gasteiger partial charge in [0.2, 0.25) is 5.78 Å². The van der Waals surface area contributed by atoms with Crippen LogP contribution < -0.4 is 14.4 Å². The van der Waals surface area contributed by atoms with E-state index < -0.39 is 23.5 Å². The Morgan fingerprint density at radius 1 is 1.03 bits per heavy atom. The Kier molecular flexibility index (Phi) is 6.52. The monoisotopic (exact) mass is 561 g/mol. The number of fused-ring (bicyclic) bond motifs is 1. The molecule has 4 aromatic rings. The fraction of sp³-hybridized carbons (Fsp3) is 0.172.